The van der Waals surface area contributed by atoms with Gasteiger partial charge in [0.2, 0.25) is 0 Å². The number of hydrogen-bond acceptors (Lipinski definition) is 6. The van der Waals surface area contributed by atoms with Crippen LogP contribution in [0.15, 0.2) is 0 Å². The van der Waals surface area contributed by atoms with Crippen LogP contribution in [0, 0.1) is 16.7 Å². The van der Waals surface area contributed by atoms with E-state index in [0.717, 1.165) is 6.42 Å². The van der Waals surface area contributed by atoms with Gasteiger partial charge in [-0.05, 0) is 50.4 Å². The molecule has 2 aliphatic carbocycles. The van der Waals surface area contributed by atoms with Crippen molar-refractivity contribution in [3.63, 3.8) is 0 Å². The molecule has 2 saturated carbocycles. The summed E-state index contributed by atoms with van der Waals surface area (Å²) >= 11 is 0. The van der Waals surface area contributed by atoms with E-state index in [1.54, 1.807) is 0 Å². The largest absolute Gasteiger partial charge is 0.748 e. The number of fused-ring (bicyclic) bond motifs is 2. The van der Waals surface area contributed by atoms with E-state index < -0.39 is 31.1 Å². The number of Topliss-reactive ketones (excluding diaryl/α,β-unsaturated/α-hetero) is 1. The SMILES string of the molecule is CC1(C)C2CCC1(CS(=O)(=O)[O-])C(=O)C2.CC1C([NH+]2CCCCC2)CS1(=O)=O. The van der Waals surface area contributed by atoms with Crippen LogP contribution in [0.1, 0.15) is 59.3 Å². The molecule has 0 aromatic heterocycles. The molecule has 4 aliphatic rings. The third kappa shape index (κ3) is 3.79. The minimum absolute atomic E-state index is 0.0248. The van der Waals surface area contributed by atoms with Crippen LogP contribution < -0.4 is 4.90 Å². The molecule has 0 aromatic rings. The zero-order valence-corrected chi connectivity index (χ0v) is 18.7. The Balaban J connectivity index is 0.000000162. The quantitative estimate of drug-likeness (QED) is 0.632. The molecule has 9 heteroatoms. The van der Waals surface area contributed by atoms with Crippen LogP contribution in [0.4, 0.5) is 0 Å². The van der Waals surface area contributed by atoms with Crippen molar-refractivity contribution in [1.82, 2.24) is 0 Å². The van der Waals surface area contributed by atoms with Crippen molar-refractivity contribution < 1.29 is 31.1 Å². The van der Waals surface area contributed by atoms with Crippen molar-refractivity contribution in [3.05, 3.63) is 0 Å². The Kier molecular flexibility index (Phi) is 5.80. The molecule has 4 rings (SSSR count). The van der Waals surface area contributed by atoms with Crippen LogP contribution in [0.3, 0.4) is 0 Å². The summed E-state index contributed by atoms with van der Waals surface area (Å²) in [5.74, 6) is 0.154. The fraction of sp³-hybridized carbons (Fsp3) is 0.947. The maximum absolute atomic E-state index is 11.8. The summed E-state index contributed by atoms with van der Waals surface area (Å²) in [6.07, 6.45) is 5.76. The van der Waals surface area contributed by atoms with Crippen molar-refractivity contribution in [2.45, 2.75) is 70.6 Å². The van der Waals surface area contributed by atoms with Gasteiger partial charge in [-0.2, -0.15) is 0 Å². The molecule has 0 radical (unpaired) electrons. The summed E-state index contributed by atoms with van der Waals surface area (Å²) in [6, 6.07) is 0.408. The average Bonchev–Trinajstić information content (AvgIpc) is 2.93. The first-order chi connectivity index (χ1) is 12.8. The Morgan fingerprint density at radius 2 is 1.79 bits per heavy atom. The van der Waals surface area contributed by atoms with E-state index in [-0.39, 0.29) is 22.4 Å². The van der Waals surface area contributed by atoms with E-state index in [1.807, 2.05) is 20.8 Å². The Labute approximate surface area is 168 Å². The van der Waals surface area contributed by atoms with Crippen LogP contribution in [0.2, 0.25) is 0 Å². The average molecular weight is 436 g/mol. The maximum Gasteiger partial charge on any atom is 0.164 e. The Morgan fingerprint density at radius 1 is 1.18 bits per heavy atom. The lowest BCUT2D eigenvalue weighted by Gasteiger charge is -2.40. The third-order valence-electron chi connectivity index (χ3n) is 8.13. The van der Waals surface area contributed by atoms with Gasteiger partial charge in [-0.25, -0.2) is 16.8 Å². The second-order valence-corrected chi connectivity index (χ2v) is 13.5. The summed E-state index contributed by atoms with van der Waals surface area (Å²) in [6.45, 7) is 8.07. The van der Waals surface area contributed by atoms with Crippen LogP contribution in [0.25, 0.3) is 0 Å². The molecule has 4 atom stereocenters. The first-order valence-electron chi connectivity index (χ1n) is 10.3. The van der Waals surface area contributed by atoms with Crippen molar-refractivity contribution in [3.8, 4) is 0 Å². The molecule has 4 unspecified atom stereocenters. The van der Waals surface area contributed by atoms with E-state index in [0.29, 0.717) is 24.6 Å². The summed E-state index contributed by atoms with van der Waals surface area (Å²) in [5, 5.41) is -0.0828. The lowest BCUT2D eigenvalue weighted by atomic mass is 9.70. The van der Waals surface area contributed by atoms with Gasteiger partial charge in [-0.15, -0.1) is 0 Å². The monoisotopic (exact) mass is 435 g/mol. The molecular formula is C19H33NO6S2. The van der Waals surface area contributed by atoms with Gasteiger partial charge in [0.25, 0.3) is 0 Å². The predicted molar refractivity (Wildman–Crippen MR) is 105 cm³/mol. The number of carbonyl (C=O) groups is 1. The number of quaternary nitrogens is 1. The van der Waals surface area contributed by atoms with Gasteiger partial charge in [0, 0.05) is 11.8 Å². The number of nitrogens with one attached hydrogen (secondary N) is 1. The van der Waals surface area contributed by atoms with Crippen molar-refractivity contribution in [1.29, 1.82) is 0 Å². The van der Waals surface area contributed by atoms with Crippen molar-refractivity contribution in [2.24, 2.45) is 16.7 Å². The van der Waals surface area contributed by atoms with Gasteiger partial charge >= 0.3 is 0 Å². The van der Waals surface area contributed by atoms with Crippen LogP contribution >= 0.6 is 0 Å². The predicted octanol–water partition coefficient (Wildman–Crippen LogP) is 0.168. The second kappa shape index (κ2) is 7.32. The number of hydrogen-bond donors (Lipinski definition) is 1. The molecule has 162 valence electrons. The Bertz CT molecular complexity index is 828. The molecule has 2 bridgehead atoms. The number of likely N-dealkylation sites (tertiary alicyclic amines) is 1. The fourth-order valence-electron chi connectivity index (χ4n) is 5.90. The summed E-state index contributed by atoms with van der Waals surface area (Å²) < 4.78 is 55.2. The number of sulfone groups is 1. The van der Waals surface area contributed by atoms with Gasteiger partial charge in [-0.3, -0.25) is 4.79 Å². The molecule has 1 N–H and O–H groups in total. The molecule has 0 aromatic carbocycles. The zero-order chi connectivity index (χ0) is 21.0. The number of rotatable bonds is 3. The van der Waals surface area contributed by atoms with E-state index in [4.69, 9.17) is 0 Å². The third-order valence-corrected chi connectivity index (χ3v) is 11.3. The van der Waals surface area contributed by atoms with Gasteiger partial charge in [-0.1, -0.05) is 13.8 Å². The lowest BCUT2D eigenvalue weighted by Crippen LogP contribution is -3.20. The molecule has 2 saturated heterocycles. The molecule has 7 nitrogen and oxygen atoms in total. The smallest absolute Gasteiger partial charge is 0.164 e. The first kappa shape index (κ1) is 22.2. The van der Waals surface area contributed by atoms with E-state index in [2.05, 4.69) is 0 Å². The molecule has 28 heavy (non-hydrogen) atoms. The molecule has 4 fully saturated rings. The van der Waals surface area contributed by atoms with E-state index in [9.17, 15) is 26.2 Å². The molecule has 2 heterocycles. The van der Waals surface area contributed by atoms with E-state index in [1.165, 1.54) is 37.3 Å². The second-order valence-electron chi connectivity index (χ2n) is 9.73. The fourth-order valence-corrected chi connectivity index (χ4v) is 8.94. The molecule has 0 spiro atoms. The summed E-state index contributed by atoms with van der Waals surface area (Å²) in [4.78, 5) is 13.4. The van der Waals surface area contributed by atoms with Crippen LogP contribution in [0.5, 0.6) is 0 Å². The Hall–Kier alpha value is -0.510. The zero-order valence-electron chi connectivity index (χ0n) is 17.1. The van der Waals surface area contributed by atoms with E-state index >= 15 is 0 Å². The number of ketones is 1. The molecular weight excluding hydrogens is 402 g/mol. The highest BCUT2D eigenvalue weighted by Gasteiger charge is 2.64. The highest BCUT2D eigenvalue weighted by Crippen LogP contribution is 2.64. The topological polar surface area (TPSA) is 113 Å². The normalized spacial score (nSPS) is 39.1. The first-order valence-corrected chi connectivity index (χ1v) is 13.6. The van der Waals surface area contributed by atoms with Crippen LogP contribution in [-0.2, 0) is 24.7 Å². The summed E-state index contributed by atoms with van der Waals surface area (Å²) in [5.41, 5.74) is -1.22. The molecule has 2 aliphatic heterocycles. The van der Waals surface area contributed by atoms with Gasteiger partial charge in [0.15, 0.2) is 9.84 Å². The molecule has 0 amide bonds. The highest BCUT2D eigenvalue weighted by molar-refractivity contribution is 7.93. The van der Waals surface area contributed by atoms with Crippen molar-refractivity contribution >= 4 is 25.7 Å². The number of carbonyl (C=O) groups excluding carboxylic acids is 1. The van der Waals surface area contributed by atoms with Gasteiger partial charge in [0.1, 0.15) is 22.8 Å². The maximum atomic E-state index is 11.8. The highest BCUT2D eigenvalue weighted by atomic mass is 32.2. The number of piperidine rings is 1. The van der Waals surface area contributed by atoms with Crippen LogP contribution in [-0.4, -0.2) is 63.1 Å². The minimum Gasteiger partial charge on any atom is -0.748 e. The lowest BCUT2D eigenvalue weighted by molar-refractivity contribution is -0.928. The summed E-state index contributed by atoms with van der Waals surface area (Å²) in [7, 11) is -7.01. The van der Waals surface area contributed by atoms with Crippen molar-refractivity contribution in [2.75, 3.05) is 24.6 Å². The van der Waals surface area contributed by atoms with Gasteiger partial charge in [0.05, 0.1) is 29.0 Å². The minimum atomic E-state index is -4.33. The standard InChI is InChI=1S/C10H16O4S.C9H17NO2S/c1-9(2)7-3-4-10(9,8(11)5-7)6-15(12,13)14;1-8-9(7-13(8,11)12)10-5-3-2-4-6-10/h7H,3-6H2,1-2H3,(H,12,13,14);8-9H,2-7H2,1H3. The Morgan fingerprint density at radius 3 is 2.18 bits per heavy atom. The van der Waals surface area contributed by atoms with Gasteiger partial charge < -0.3 is 9.45 Å².